The Kier molecular flexibility index (Phi) is 5.88. The quantitative estimate of drug-likeness (QED) is 0.352. The van der Waals surface area contributed by atoms with E-state index < -0.39 is 10.0 Å². The first-order valence-electron chi connectivity index (χ1n) is 9.72. The highest BCUT2D eigenvalue weighted by molar-refractivity contribution is 7.89. The van der Waals surface area contributed by atoms with Gasteiger partial charge in [-0.15, -0.1) is 0 Å². The fraction of sp³-hybridized carbons (Fsp3) is 0.167. The van der Waals surface area contributed by atoms with Crippen molar-refractivity contribution in [3.05, 3.63) is 70.7 Å². The summed E-state index contributed by atoms with van der Waals surface area (Å²) in [5.41, 5.74) is 1.25. The normalized spacial score (nSPS) is 12.1. The van der Waals surface area contributed by atoms with Crippen molar-refractivity contribution in [2.75, 3.05) is 7.11 Å². The lowest BCUT2D eigenvalue weighted by Gasteiger charge is -2.19. The lowest BCUT2D eigenvalue weighted by atomic mass is 9.93. The van der Waals surface area contributed by atoms with Gasteiger partial charge in [0.05, 0.1) is 12.0 Å². The lowest BCUT2D eigenvalue weighted by Crippen LogP contribution is -2.30. The topological polar surface area (TPSA) is 55.4 Å². The van der Waals surface area contributed by atoms with E-state index in [0.29, 0.717) is 26.9 Å². The predicted molar refractivity (Wildman–Crippen MR) is 129 cm³/mol. The molecule has 0 aliphatic heterocycles. The smallest absolute Gasteiger partial charge is 0.241 e. The van der Waals surface area contributed by atoms with Crippen LogP contribution < -0.4 is 9.46 Å². The van der Waals surface area contributed by atoms with Gasteiger partial charge in [0, 0.05) is 27.2 Å². The highest BCUT2D eigenvalue weighted by Gasteiger charge is 2.25. The van der Waals surface area contributed by atoms with E-state index >= 15 is 0 Å². The number of methoxy groups -OCH3 is 1. The lowest BCUT2D eigenvalue weighted by molar-refractivity contribution is 0.417. The van der Waals surface area contributed by atoms with Crippen molar-refractivity contribution in [2.45, 2.75) is 24.8 Å². The van der Waals surface area contributed by atoms with Crippen LogP contribution in [0.1, 0.15) is 13.8 Å². The minimum Gasteiger partial charge on any atom is -0.496 e. The van der Waals surface area contributed by atoms with Crippen molar-refractivity contribution in [1.82, 2.24) is 4.72 Å². The number of ether oxygens (including phenoxy) is 1. The number of fused-ring (bicyclic) bond motifs is 2. The van der Waals surface area contributed by atoms with Gasteiger partial charge >= 0.3 is 0 Å². The summed E-state index contributed by atoms with van der Waals surface area (Å²) in [7, 11) is -2.23. The Morgan fingerprint density at radius 3 is 1.90 bits per heavy atom. The molecule has 0 atom stereocenters. The maximum absolute atomic E-state index is 13.3. The molecule has 0 radical (unpaired) electrons. The Morgan fingerprint density at radius 1 is 0.806 bits per heavy atom. The van der Waals surface area contributed by atoms with Crippen LogP contribution in [-0.4, -0.2) is 21.6 Å². The van der Waals surface area contributed by atoms with Gasteiger partial charge in [-0.2, -0.15) is 0 Å². The summed E-state index contributed by atoms with van der Waals surface area (Å²) in [6, 6.07) is 17.8. The monoisotopic (exact) mass is 473 g/mol. The third kappa shape index (κ3) is 4.11. The summed E-state index contributed by atoms with van der Waals surface area (Å²) in [6.07, 6.45) is 0. The van der Waals surface area contributed by atoms with Gasteiger partial charge in [0.2, 0.25) is 10.0 Å². The number of hydrogen-bond acceptors (Lipinski definition) is 3. The molecule has 0 amide bonds. The summed E-state index contributed by atoms with van der Waals surface area (Å²) in [5.74, 6) is 0.568. The Morgan fingerprint density at radius 2 is 1.35 bits per heavy atom. The first-order valence-corrected chi connectivity index (χ1v) is 12.0. The van der Waals surface area contributed by atoms with Crippen LogP contribution in [0.3, 0.4) is 0 Å². The van der Waals surface area contributed by atoms with Gasteiger partial charge in [-0.25, -0.2) is 13.1 Å². The zero-order valence-corrected chi connectivity index (χ0v) is 19.6. The number of rotatable bonds is 5. The minimum absolute atomic E-state index is 0.178. The van der Waals surface area contributed by atoms with Crippen LogP contribution in [0.4, 0.5) is 0 Å². The molecule has 31 heavy (non-hydrogen) atoms. The predicted octanol–water partition coefficient (Wildman–Crippen LogP) is 6.66. The molecule has 4 rings (SSSR count). The van der Waals surface area contributed by atoms with Crippen molar-refractivity contribution in [1.29, 1.82) is 0 Å². The molecule has 4 aromatic rings. The third-order valence-electron chi connectivity index (χ3n) is 5.04. The van der Waals surface area contributed by atoms with E-state index in [1.54, 1.807) is 45.2 Å². The second kappa shape index (κ2) is 8.32. The van der Waals surface area contributed by atoms with Crippen LogP contribution >= 0.6 is 23.2 Å². The van der Waals surface area contributed by atoms with E-state index in [9.17, 15) is 8.42 Å². The van der Waals surface area contributed by atoms with Crippen molar-refractivity contribution in [3.63, 3.8) is 0 Å². The number of hydrogen-bond donors (Lipinski definition) is 1. The highest BCUT2D eigenvalue weighted by atomic mass is 35.5. The molecule has 0 fully saturated rings. The second-order valence-electron chi connectivity index (χ2n) is 7.59. The third-order valence-corrected chi connectivity index (χ3v) is 7.21. The van der Waals surface area contributed by atoms with Gasteiger partial charge in [0.15, 0.2) is 0 Å². The van der Waals surface area contributed by atoms with Crippen molar-refractivity contribution < 1.29 is 13.2 Å². The van der Waals surface area contributed by atoms with Gasteiger partial charge < -0.3 is 4.74 Å². The average Bonchev–Trinajstić information content (AvgIpc) is 2.70. The largest absolute Gasteiger partial charge is 0.496 e. The molecule has 4 aromatic carbocycles. The molecule has 0 saturated carbocycles. The molecular weight excluding hydrogens is 453 g/mol. The molecule has 0 aromatic heterocycles. The van der Waals surface area contributed by atoms with Crippen LogP contribution in [0.25, 0.3) is 32.7 Å². The van der Waals surface area contributed by atoms with Gasteiger partial charge in [-0.1, -0.05) is 47.5 Å². The number of benzene rings is 4. The van der Waals surface area contributed by atoms with E-state index in [1.807, 2.05) is 36.4 Å². The zero-order chi connectivity index (χ0) is 22.3. The minimum atomic E-state index is -3.81. The molecule has 0 spiro atoms. The molecule has 0 bridgehead atoms. The maximum atomic E-state index is 13.3. The maximum Gasteiger partial charge on any atom is 0.241 e. The first-order chi connectivity index (χ1) is 14.7. The molecule has 4 nitrogen and oxygen atoms in total. The molecule has 0 saturated heterocycles. The van der Waals surface area contributed by atoms with E-state index in [2.05, 4.69) is 4.72 Å². The second-order valence-corrected chi connectivity index (χ2v) is 10.1. The summed E-state index contributed by atoms with van der Waals surface area (Å²) >= 11 is 12.4. The Labute approximate surface area is 191 Å². The van der Waals surface area contributed by atoms with Gasteiger partial charge in [-0.05, 0) is 71.8 Å². The summed E-state index contributed by atoms with van der Waals surface area (Å²) in [5, 5.41) is 4.49. The standard InChI is InChI=1S/C24H21Cl2NO3S/c1-14(2)27-31(28,29)22-11-5-16-13-18(26)7-9-20(16)24(22)23-19-8-6-17(25)12-15(19)4-10-21(23)30-3/h4-14,27H,1-3H3. The van der Waals surface area contributed by atoms with Gasteiger partial charge in [0.25, 0.3) is 0 Å². The van der Waals surface area contributed by atoms with Crippen LogP contribution in [0.15, 0.2) is 65.6 Å². The van der Waals surface area contributed by atoms with Gasteiger partial charge in [-0.3, -0.25) is 0 Å². The molecule has 160 valence electrons. The number of nitrogens with one attached hydrogen (secondary N) is 1. The van der Waals surface area contributed by atoms with Crippen LogP contribution in [0.5, 0.6) is 5.75 Å². The van der Waals surface area contributed by atoms with Crippen LogP contribution in [0.2, 0.25) is 10.0 Å². The summed E-state index contributed by atoms with van der Waals surface area (Å²) in [6.45, 7) is 3.58. The van der Waals surface area contributed by atoms with Crippen LogP contribution in [-0.2, 0) is 10.0 Å². The van der Waals surface area contributed by atoms with E-state index in [1.165, 1.54) is 0 Å². The van der Waals surface area contributed by atoms with Crippen molar-refractivity contribution in [3.8, 4) is 16.9 Å². The molecule has 0 aliphatic rings. The van der Waals surface area contributed by atoms with Gasteiger partial charge in [0.1, 0.15) is 5.75 Å². The van der Waals surface area contributed by atoms with E-state index in [4.69, 9.17) is 27.9 Å². The number of halogens is 2. The fourth-order valence-electron chi connectivity index (χ4n) is 3.84. The molecule has 7 heteroatoms. The average molecular weight is 474 g/mol. The summed E-state index contributed by atoms with van der Waals surface area (Å²) in [4.78, 5) is 0.178. The molecule has 0 unspecified atom stereocenters. The molecular formula is C24H21Cl2NO3S. The van der Waals surface area contributed by atoms with E-state index in [0.717, 1.165) is 21.5 Å². The Bertz CT molecular complexity index is 1420. The van der Waals surface area contributed by atoms with E-state index in [-0.39, 0.29) is 10.9 Å². The zero-order valence-electron chi connectivity index (χ0n) is 17.2. The van der Waals surface area contributed by atoms with Crippen molar-refractivity contribution >= 4 is 54.8 Å². The van der Waals surface area contributed by atoms with Crippen molar-refractivity contribution in [2.24, 2.45) is 0 Å². The summed E-state index contributed by atoms with van der Waals surface area (Å²) < 4.78 is 35.1. The first kappa shape index (κ1) is 21.9. The number of sulfonamides is 1. The van der Waals surface area contributed by atoms with Crippen LogP contribution in [0, 0.1) is 0 Å². The molecule has 0 heterocycles. The Hall–Kier alpha value is -2.31. The fourth-order valence-corrected chi connectivity index (χ4v) is 5.68. The Balaban J connectivity index is 2.20. The molecule has 1 N–H and O–H groups in total. The SMILES string of the molecule is COc1ccc2cc(Cl)ccc2c1-c1c(S(=O)(=O)NC(C)C)ccc2cc(Cl)ccc12. The molecule has 0 aliphatic carbocycles. The highest BCUT2D eigenvalue weighted by Crippen LogP contribution is 2.44.